The quantitative estimate of drug-likeness (QED) is 0.556. The van der Waals surface area contributed by atoms with Gasteiger partial charge in [0.15, 0.2) is 0 Å². The van der Waals surface area contributed by atoms with Gasteiger partial charge in [0.2, 0.25) is 0 Å². The molecule has 2 saturated carbocycles. The number of esters is 1. The number of carbonyl (C=O) groups excluding carboxylic acids is 2. The van der Waals surface area contributed by atoms with E-state index in [1.54, 1.807) is 13.1 Å². The zero-order valence-corrected chi connectivity index (χ0v) is 21.3. The Hall–Kier alpha value is -3.66. The molecule has 0 bridgehead atoms. The fraction of sp³-hybridized carbons (Fsp3) is 0.467. The first-order valence-electron chi connectivity index (χ1n) is 13.3. The second kappa shape index (κ2) is 10.8. The number of allylic oxidation sites excluding steroid dienone is 1. The Morgan fingerprint density at radius 3 is 2.84 bits per heavy atom. The number of cyclic esters (lactones) is 1. The molecule has 1 aromatic carbocycles. The van der Waals surface area contributed by atoms with Gasteiger partial charge in [0.25, 0.3) is 0 Å². The molecule has 1 aromatic heterocycles. The van der Waals surface area contributed by atoms with Crippen LogP contribution in [0.15, 0.2) is 48.7 Å². The van der Waals surface area contributed by atoms with Crippen LogP contribution in [-0.2, 0) is 14.3 Å². The van der Waals surface area contributed by atoms with Gasteiger partial charge in [-0.15, -0.1) is 0 Å². The molecule has 0 spiro atoms. The molecule has 2 aromatic rings. The number of benzene rings is 1. The Morgan fingerprint density at radius 1 is 1.24 bits per heavy atom. The summed E-state index contributed by atoms with van der Waals surface area (Å²) in [5.74, 6) is 0.929. The molecule has 2 heterocycles. The zero-order valence-electron chi connectivity index (χ0n) is 21.3. The van der Waals surface area contributed by atoms with Gasteiger partial charge in [0.1, 0.15) is 6.10 Å². The van der Waals surface area contributed by atoms with Crippen LogP contribution >= 0.6 is 0 Å². The lowest BCUT2D eigenvalue weighted by atomic mass is 9.57. The molecule has 3 fully saturated rings. The van der Waals surface area contributed by atoms with Gasteiger partial charge in [0, 0.05) is 29.3 Å². The van der Waals surface area contributed by atoms with Crippen LogP contribution in [0.4, 0.5) is 4.79 Å². The molecule has 7 nitrogen and oxygen atoms in total. The number of nitriles is 1. The molecular formula is C30H33N3O4. The minimum Gasteiger partial charge on any atom is -0.462 e. The number of ether oxygens (including phenoxy) is 2. The minimum absolute atomic E-state index is 0.0711. The lowest BCUT2D eigenvalue weighted by molar-refractivity contribution is -0.144. The molecule has 1 amide bonds. The molecule has 7 heteroatoms. The molecule has 192 valence electrons. The van der Waals surface area contributed by atoms with Gasteiger partial charge in [-0.2, -0.15) is 5.26 Å². The maximum Gasteiger partial charge on any atom is 0.407 e. The lowest BCUT2D eigenvalue weighted by Gasteiger charge is -2.47. The average molecular weight is 500 g/mol. The van der Waals surface area contributed by atoms with Crippen molar-refractivity contribution in [2.75, 3.05) is 6.61 Å². The number of rotatable bonds is 5. The minimum atomic E-state index is -0.364. The number of aromatic nitrogens is 1. The molecule has 5 rings (SSSR count). The first kappa shape index (κ1) is 25.0. The summed E-state index contributed by atoms with van der Waals surface area (Å²) >= 11 is 0. The number of hydrogen-bond acceptors (Lipinski definition) is 6. The SMILES string of the molecule is CCOC(=O)N[C@@H]1CC[C@@H]2[C@@H](C1)C[C@H]1C(=O)O[C@H](C)[C@H]1[C@H]2/C=C/c1ccc(-c2ccccc2C#N)cn1. The molecule has 0 radical (unpaired) electrons. The van der Waals surface area contributed by atoms with E-state index in [2.05, 4.69) is 28.5 Å². The lowest BCUT2D eigenvalue weighted by Crippen LogP contribution is -2.48. The number of carbonyl (C=O) groups is 2. The van der Waals surface area contributed by atoms with Crippen molar-refractivity contribution in [3.05, 3.63) is 59.9 Å². The number of amides is 1. The smallest absolute Gasteiger partial charge is 0.407 e. The van der Waals surface area contributed by atoms with Gasteiger partial charge >= 0.3 is 12.1 Å². The Balaban J connectivity index is 1.35. The summed E-state index contributed by atoms with van der Waals surface area (Å²) in [6.45, 7) is 4.16. The third-order valence-electron chi connectivity index (χ3n) is 8.38. The van der Waals surface area contributed by atoms with Crippen molar-refractivity contribution in [1.29, 1.82) is 5.26 Å². The molecule has 7 atom stereocenters. The Kier molecular flexibility index (Phi) is 7.27. The molecular weight excluding hydrogens is 466 g/mol. The van der Waals surface area contributed by atoms with Crippen molar-refractivity contribution < 1.29 is 19.1 Å². The molecule has 1 saturated heterocycles. The van der Waals surface area contributed by atoms with Crippen molar-refractivity contribution in [2.24, 2.45) is 29.6 Å². The van der Waals surface area contributed by atoms with Crippen molar-refractivity contribution in [1.82, 2.24) is 10.3 Å². The summed E-state index contributed by atoms with van der Waals surface area (Å²) in [5.41, 5.74) is 3.24. The van der Waals surface area contributed by atoms with E-state index in [0.29, 0.717) is 24.0 Å². The van der Waals surface area contributed by atoms with Gasteiger partial charge in [-0.3, -0.25) is 9.78 Å². The van der Waals surface area contributed by atoms with Crippen LogP contribution in [0.5, 0.6) is 0 Å². The van der Waals surface area contributed by atoms with Crippen molar-refractivity contribution in [2.45, 2.75) is 51.7 Å². The van der Waals surface area contributed by atoms with Crippen LogP contribution in [0.25, 0.3) is 17.2 Å². The second-order valence-corrected chi connectivity index (χ2v) is 10.4. The summed E-state index contributed by atoms with van der Waals surface area (Å²) in [6.07, 6.45) is 9.17. The number of hydrogen-bond donors (Lipinski definition) is 1. The van der Waals surface area contributed by atoms with E-state index >= 15 is 0 Å². The van der Waals surface area contributed by atoms with Crippen molar-refractivity contribution >= 4 is 18.1 Å². The summed E-state index contributed by atoms with van der Waals surface area (Å²) < 4.78 is 10.8. The highest BCUT2D eigenvalue weighted by atomic mass is 16.6. The van der Waals surface area contributed by atoms with Crippen LogP contribution in [0.2, 0.25) is 0 Å². The molecule has 2 aliphatic carbocycles. The van der Waals surface area contributed by atoms with E-state index < -0.39 is 0 Å². The summed E-state index contributed by atoms with van der Waals surface area (Å²) in [7, 11) is 0. The molecule has 0 unspecified atom stereocenters. The number of fused-ring (bicyclic) bond motifs is 2. The number of nitrogens with zero attached hydrogens (tertiary/aromatic N) is 2. The van der Waals surface area contributed by atoms with Gasteiger partial charge in [-0.1, -0.05) is 30.3 Å². The zero-order chi connectivity index (χ0) is 25.9. The summed E-state index contributed by atoms with van der Waals surface area (Å²) in [4.78, 5) is 29.3. The standard InChI is InChI=1S/C30H33N3O4/c1-3-36-30(35)33-23-11-12-25-21(14-23)15-27-28(18(2)37-29(27)34)26(25)13-10-22-9-8-20(17-32-22)24-7-5-4-6-19(24)16-31/h4-10,13,17-18,21,23,25-28H,3,11-12,14-15H2,1-2H3,(H,33,35)/b13-10+/t18-,21+,23-,25-,26+,27-,28+/m1/s1. The molecule has 1 N–H and O–H groups in total. The van der Waals surface area contributed by atoms with Crippen LogP contribution in [0.3, 0.4) is 0 Å². The number of pyridine rings is 1. The van der Waals surface area contributed by atoms with Crippen LogP contribution in [0, 0.1) is 40.9 Å². The van der Waals surface area contributed by atoms with Crippen LogP contribution in [-0.4, -0.2) is 35.8 Å². The highest BCUT2D eigenvalue weighted by Gasteiger charge is 2.54. The largest absolute Gasteiger partial charge is 0.462 e. The van der Waals surface area contributed by atoms with E-state index in [-0.39, 0.29) is 42.0 Å². The predicted molar refractivity (Wildman–Crippen MR) is 139 cm³/mol. The number of alkyl carbamates (subject to hydrolysis) is 1. The van der Waals surface area contributed by atoms with E-state index in [1.165, 1.54) is 0 Å². The van der Waals surface area contributed by atoms with Gasteiger partial charge in [-0.25, -0.2) is 4.79 Å². The average Bonchev–Trinajstić information content (AvgIpc) is 3.19. The fourth-order valence-corrected chi connectivity index (χ4v) is 6.79. The normalized spacial score (nSPS) is 30.6. The van der Waals surface area contributed by atoms with Crippen molar-refractivity contribution in [3.8, 4) is 17.2 Å². The highest BCUT2D eigenvalue weighted by molar-refractivity contribution is 5.76. The third-order valence-corrected chi connectivity index (χ3v) is 8.38. The Morgan fingerprint density at radius 2 is 2.08 bits per heavy atom. The topological polar surface area (TPSA) is 101 Å². The maximum absolute atomic E-state index is 12.7. The van der Waals surface area contributed by atoms with Crippen LogP contribution in [0.1, 0.15) is 50.8 Å². The fourth-order valence-electron chi connectivity index (χ4n) is 6.79. The second-order valence-electron chi connectivity index (χ2n) is 10.4. The van der Waals surface area contributed by atoms with E-state index in [4.69, 9.17) is 9.47 Å². The first-order chi connectivity index (χ1) is 18.0. The summed E-state index contributed by atoms with van der Waals surface area (Å²) in [5, 5.41) is 12.4. The third kappa shape index (κ3) is 5.11. The van der Waals surface area contributed by atoms with Crippen LogP contribution < -0.4 is 5.32 Å². The molecule has 37 heavy (non-hydrogen) atoms. The Labute approximate surface area is 217 Å². The van der Waals surface area contributed by atoms with E-state index in [0.717, 1.165) is 42.5 Å². The predicted octanol–water partition coefficient (Wildman–Crippen LogP) is 5.36. The van der Waals surface area contributed by atoms with Gasteiger partial charge in [-0.05, 0) is 75.5 Å². The maximum atomic E-state index is 12.7. The Bertz CT molecular complexity index is 1220. The highest BCUT2D eigenvalue weighted by Crippen LogP contribution is 2.53. The van der Waals surface area contributed by atoms with Gasteiger partial charge < -0.3 is 14.8 Å². The van der Waals surface area contributed by atoms with Gasteiger partial charge in [0.05, 0.1) is 29.9 Å². The monoisotopic (exact) mass is 499 g/mol. The molecule has 1 aliphatic heterocycles. The summed E-state index contributed by atoms with van der Waals surface area (Å²) in [6, 6.07) is 13.8. The first-order valence-corrected chi connectivity index (χ1v) is 13.3. The van der Waals surface area contributed by atoms with Crippen molar-refractivity contribution in [3.63, 3.8) is 0 Å². The van der Waals surface area contributed by atoms with E-state index in [1.807, 2.05) is 43.3 Å². The number of nitrogens with one attached hydrogen (secondary N) is 1. The molecule has 3 aliphatic rings. The van der Waals surface area contributed by atoms with E-state index in [9.17, 15) is 14.9 Å².